The number of hydrogen-bond donors (Lipinski definition) is 1. The van der Waals surface area contributed by atoms with E-state index >= 15 is 0 Å². The van der Waals surface area contributed by atoms with E-state index < -0.39 is 17.5 Å². The molecule has 1 N–H and O–H groups in total. The van der Waals surface area contributed by atoms with Gasteiger partial charge in [0.25, 0.3) is 5.91 Å². The monoisotopic (exact) mass is 467 g/mol. The first-order valence-corrected chi connectivity index (χ1v) is 11.3. The Balaban J connectivity index is 1.28. The molecule has 0 spiro atoms. The van der Waals surface area contributed by atoms with Crippen molar-refractivity contribution in [3.8, 4) is 5.69 Å². The zero-order chi connectivity index (χ0) is 24.6. The van der Waals surface area contributed by atoms with Gasteiger partial charge in [0.1, 0.15) is 12.1 Å². The Morgan fingerprint density at radius 2 is 1.71 bits per heavy atom. The number of nitrogens with one attached hydrogen (secondary N) is 1. The third-order valence-electron chi connectivity index (χ3n) is 6.40. The Morgan fingerprint density at radius 3 is 2.49 bits per heavy atom. The molecule has 4 aromatic rings. The number of imide groups is 1. The molecule has 1 aromatic heterocycles. The summed E-state index contributed by atoms with van der Waals surface area (Å²) >= 11 is 0. The molecule has 1 saturated heterocycles. The van der Waals surface area contributed by atoms with Crippen molar-refractivity contribution in [2.24, 2.45) is 0 Å². The number of para-hydroxylation sites is 1. The van der Waals surface area contributed by atoms with Crippen molar-refractivity contribution >= 4 is 28.6 Å². The summed E-state index contributed by atoms with van der Waals surface area (Å²) in [5.74, 6) is -0.792. The first kappa shape index (κ1) is 22.3. The Hall–Kier alpha value is -4.46. The number of hydrogen-bond acceptors (Lipinski definition) is 4. The second-order valence-electron chi connectivity index (χ2n) is 8.89. The lowest BCUT2D eigenvalue weighted by Crippen LogP contribution is -2.43. The van der Waals surface area contributed by atoms with Crippen LogP contribution in [0.25, 0.3) is 16.5 Å². The number of nitrogens with zero attached hydrogens (tertiary/aromatic N) is 4. The summed E-state index contributed by atoms with van der Waals surface area (Å²) in [7, 11) is 1.64. The highest BCUT2D eigenvalue weighted by Crippen LogP contribution is 2.31. The molecule has 3 aromatic carbocycles. The zero-order valence-electron chi connectivity index (χ0n) is 19.5. The molecular formula is C27H25N5O3. The molecule has 2 heterocycles. The van der Waals surface area contributed by atoms with Gasteiger partial charge in [0, 0.05) is 25.4 Å². The van der Waals surface area contributed by atoms with Crippen molar-refractivity contribution in [1.29, 1.82) is 0 Å². The van der Waals surface area contributed by atoms with E-state index in [-0.39, 0.29) is 12.5 Å². The molecule has 0 unspecified atom stereocenters. The maximum Gasteiger partial charge on any atom is 0.325 e. The Labute approximate surface area is 202 Å². The van der Waals surface area contributed by atoms with E-state index in [0.29, 0.717) is 12.1 Å². The smallest absolute Gasteiger partial charge is 0.325 e. The van der Waals surface area contributed by atoms with E-state index in [0.717, 1.165) is 26.9 Å². The van der Waals surface area contributed by atoms with Gasteiger partial charge >= 0.3 is 6.03 Å². The van der Waals surface area contributed by atoms with Crippen LogP contribution in [-0.4, -0.2) is 51.0 Å². The third-order valence-corrected chi connectivity index (χ3v) is 6.40. The molecule has 0 saturated carbocycles. The van der Waals surface area contributed by atoms with E-state index in [1.165, 1.54) is 4.90 Å². The van der Waals surface area contributed by atoms with Crippen molar-refractivity contribution in [2.45, 2.75) is 19.0 Å². The van der Waals surface area contributed by atoms with E-state index in [9.17, 15) is 14.4 Å². The maximum atomic E-state index is 13.3. The van der Waals surface area contributed by atoms with Crippen LogP contribution in [0.1, 0.15) is 18.1 Å². The molecule has 1 aliphatic rings. The fraction of sp³-hybridized carbons (Fsp3) is 0.185. The van der Waals surface area contributed by atoms with Crippen LogP contribution in [0, 0.1) is 0 Å². The van der Waals surface area contributed by atoms with Gasteiger partial charge in [-0.15, -0.1) is 0 Å². The number of rotatable bonds is 6. The molecule has 1 atom stereocenters. The van der Waals surface area contributed by atoms with Crippen LogP contribution < -0.4 is 5.32 Å². The van der Waals surface area contributed by atoms with Crippen LogP contribution in [0.2, 0.25) is 0 Å². The third kappa shape index (κ3) is 4.14. The number of carbonyl (C=O) groups excluding carboxylic acids is 3. The Bertz CT molecular complexity index is 1430. The minimum absolute atomic E-state index is 0.303. The van der Waals surface area contributed by atoms with Crippen molar-refractivity contribution in [1.82, 2.24) is 24.9 Å². The van der Waals surface area contributed by atoms with Crippen LogP contribution in [0.5, 0.6) is 0 Å². The number of carbonyl (C=O) groups is 3. The van der Waals surface area contributed by atoms with Gasteiger partial charge < -0.3 is 10.2 Å². The fourth-order valence-corrected chi connectivity index (χ4v) is 4.32. The van der Waals surface area contributed by atoms with Gasteiger partial charge in [0.2, 0.25) is 5.91 Å². The molecule has 35 heavy (non-hydrogen) atoms. The van der Waals surface area contributed by atoms with Crippen molar-refractivity contribution < 1.29 is 14.4 Å². The summed E-state index contributed by atoms with van der Waals surface area (Å²) in [5.41, 5.74) is 1.19. The van der Waals surface area contributed by atoms with Gasteiger partial charge in [-0.05, 0) is 41.5 Å². The van der Waals surface area contributed by atoms with Crippen LogP contribution in [0.4, 0.5) is 4.79 Å². The van der Waals surface area contributed by atoms with E-state index in [1.807, 2.05) is 79.0 Å². The molecule has 0 radical (unpaired) electrons. The number of fused-ring (bicyclic) bond motifs is 1. The Kier molecular flexibility index (Phi) is 5.56. The van der Waals surface area contributed by atoms with Crippen LogP contribution in [-0.2, 0) is 21.7 Å². The van der Waals surface area contributed by atoms with Crippen LogP contribution in [0.3, 0.4) is 0 Å². The molecule has 5 rings (SSSR count). The molecule has 176 valence electrons. The normalized spacial score (nSPS) is 17.6. The predicted molar refractivity (Wildman–Crippen MR) is 132 cm³/mol. The average molecular weight is 468 g/mol. The molecule has 4 amide bonds. The molecular weight excluding hydrogens is 442 g/mol. The summed E-state index contributed by atoms with van der Waals surface area (Å²) in [6, 6.07) is 22.6. The zero-order valence-corrected chi connectivity index (χ0v) is 19.5. The summed E-state index contributed by atoms with van der Waals surface area (Å²) in [5, 5.41) is 9.14. The lowest BCUT2D eigenvalue weighted by Gasteiger charge is -2.23. The molecule has 8 nitrogen and oxygen atoms in total. The van der Waals surface area contributed by atoms with Gasteiger partial charge in [-0.3, -0.25) is 14.5 Å². The van der Waals surface area contributed by atoms with Crippen molar-refractivity contribution in [2.75, 3.05) is 13.6 Å². The lowest BCUT2D eigenvalue weighted by atomic mass is 9.90. The second-order valence-corrected chi connectivity index (χ2v) is 8.89. The van der Waals surface area contributed by atoms with Gasteiger partial charge in [0.15, 0.2) is 0 Å². The molecule has 0 bridgehead atoms. The standard InChI is InChI=1S/C27H25N5O3/c1-27(22-13-12-20-8-6-7-9-21(20)14-22)25(34)31(26(35)29-27)18-24(33)30(2)16-19-15-28-32(17-19)23-10-4-3-5-11-23/h3-15,17H,16,18H2,1-2H3,(H,29,35)/t27-/m0/s1. The summed E-state index contributed by atoms with van der Waals surface area (Å²) in [4.78, 5) is 41.4. The number of likely N-dealkylation sites (N-methyl/N-ethyl adjacent to an activating group) is 1. The van der Waals surface area contributed by atoms with Gasteiger partial charge in [0.05, 0.1) is 11.9 Å². The van der Waals surface area contributed by atoms with Gasteiger partial charge in [-0.25, -0.2) is 9.48 Å². The quantitative estimate of drug-likeness (QED) is 0.440. The largest absolute Gasteiger partial charge is 0.340 e. The fourth-order valence-electron chi connectivity index (χ4n) is 4.32. The maximum absolute atomic E-state index is 13.3. The summed E-state index contributed by atoms with van der Waals surface area (Å²) in [6.07, 6.45) is 3.55. The molecule has 0 aliphatic carbocycles. The predicted octanol–water partition coefficient (Wildman–Crippen LogP) is 3.45. The first-order chi connectivity index (χ1) is 16.8. The van der Waals surface area contributed by atoms with E-state index in [2.05, 4.69) is 10.4 Å². The van der Waals surface area contributed by atoms with Gasteiger partial charge in [-0.1, -0.05) is 54.6 Å². The van der Waals surface area contributed by atoms with E-state index in [1.54, 1.807) is 24.9 Å². The first-order valence-electron chi connectivity index (χ1n) is 11.3. The molecule has 1 fully saturated rings. The number of amides is 4. The number of aromatic nitrogens is 2. The van der Waals surface area contributed by atoms with Crippen LogP contribution >= 0.6 is 0 Å². The number of urea groups is 1. The van der Waals surface area contributed by atoms with Crippen LogP contribution in [0.15, 0.2) is 85.2 Å². The lowest BCUT2D eigenvalue weighted by molar-refractivity contribution is -0.138. The Morgan fingerprint density at radius 1 is 1.00 bits per heavy atom. The highest BCUT2D eigenvalue weighted by atomic mass is 16.2. The SMILES string of the molecule is CN(Cc1cnn(-c2ccccc2)c1)C(=O)CN1C(=O)N[C@@](C)(c2ccc3ccccc3c2)C1=O. The molecule has 8 heteroatoms. The van der Waals surface area contributed by atoms with E-state index in [4.69, 9.17) is 0 Å². The summed E-state index contributed by atoms with van der Waals surface area (Å²) < 4.78 is 1.74. The van der Waals surface area contributed by atoms with Gasteiger partial charge in [-0.2, -0.15) is 5.10 Å². The topological polar surface area (TPSA) is 87.5 Å². The average Bonchev–Trinajstić information content (AvgIpc) is 3.42. The van der Waals surface area contributed by atoms with Crippen molar-refractivity contribution in [3.63, 3.8) is 0 Å². The van der Waals surface area contributed by atoms with Crippen molar-refractivity contribution in [3.05, 3.63) is 96.3 Å². The second kappa shape index (κ2) is 8.72. The molecule has 1 aliphatic heterocycles. The summed E-state index contributed by atoms with van der Waals surface area (Å²) in [6.45, 7) is 1.64. The minimum Gasteiger partial charge on any atom is -0.340 e. The highest BCUT2D eigenvalue weighted by Gasteiger charge is 2.49. The minimum atomic E-state index is -1.24. The highest BCUT2D eigenvalue weighted by molar-refractivity contribution is 6.09. The number of benzene rings is 3.